The van der Waals surface area contributed by atoms with Gasteiger partial charge in [0.1, 0.15) is 0 Å². The molecule has 1 N–H and O–H groups in total. The minimum absolute atomic E-state index is 0.00933. The number of benzene rings is 1. The van der Waals surface area contributed by atoms with Gasteiger partial charge in [0.2, 0.25) is 10.0 Å². The molecule has 1 heterocycles. The van der Waals surface area contributed by atoms with Crippen LogP contribution in [0.1, 0.15) is 23.2 Å². The number of piperidine rings is 1. The summed E-state index contributed by atoms with van der Waals surface area (Å²) in [5, 5.41) is 3.19. The number of nitrogens with zero attached hydrogens (tertiary/aromatic N) is 1. The molecule has 116 valence electrons. The maximum atomic E-state index is 12.8. The quantitative estimate of drug-likeness (QED) is 0.834. The van der Waals surface area contributed by atoms with Gasteiger partial charge in [0, 0.05) is 19.6 Å². The minimum Gasteiger partial charge on any atom is -0.465 e. The fraction of sp³-hybridized carbons (Fsp3) is 0.500. The summed E-state index contributed by atoms with van der Waals surface area (Å²) in [5.41, 5.74) is 0.0654. The summed E-state index contributed by atoms with van der Waals surface area (Å²) < 4.78 is 31.5. The summed E-state index contributed by atoms with van der Waals surface area (Å²) in [4.78, 5) is 11.8. The van der Waals surface area contributed by atoms with Crippen molar-refractivity contribution in [3.8, 4) is 0 Å². The minimum atomic E-state index is -3.73. The molecule has 1 aromatic carbocycles. The van der Waals surface area contributed by atoms with Crippen LogP contribution in [0.2, 0.25) is 0 Å². The van der Waals surface area contributed by atoms with Gasteiger partial charge in [-0.15, -0.1) is 0 Å². The third-order valence-electron chi connectivity index (χ3n) is 3.73. The first-order valence-electron chi connectivity index (χ1n) is 6.84. The molecule has 1 aliphatic heterocycles. The first kappa shape index (κ1) is 15.9. The van der Waals surface area contributed by atoms with Crippen LogP contribution in [-0.4, -0.2) is 52.0 Å². The molecule has 1 aliphatic rings. The van der Waals surface area contributed by atoms with E-state index in [1.165, 1.54) is 23.5 Å². The highest BCUT2D eigenvalue weighted by molar-refractivity contribution is 7.89. The molecule has 1 atom stereocenters. The van der Waals surface area contributed by atoms with E-state index in [1.807, 2.05) is 0 Å². The molecule has 6 nitrogen and oxygen atoms in total. The Kier molecular flexibility index (Phi) is 4.97. The van der Waals surface area contributed by atoms with Crippen molar-refractivity contribution in [1.82, 2.24) is 9.62 Å². The molecule has 0 radical (unpaired) electrons. The third kappa shape index (κ3) is 3.25. The molecule has 1 unspecified atom stereocenters. The highest BCUT2D eigenvalue weighted by Crippen LogP contribution is 2.23. The molecule has 0 aliphatic carbocycles. The number of sulfonamides is 1. The van der Waals surface area contributed by atoms with Crippen LogP contribution in [0.5, 0.6) is 0 Å². The van der Waals surface area contributed by atoms with Gasteiger partial charge in [0.25, 0.3) is 0 Å². The van der Waals surface area contributed by atoms with Crippen LogP contribution < -0.4 is 5.32 Å². The Labute approximate surface area is 125 Å². The number of rotatable bonds is 4. The Morgan fingerprint density at radius 1 is 1.38 bits per heavy atom. The first-order chi connectivity index (χ1) is 9.98. The monoisotopic (exact) mass is 312 g/mol. The lowest BCUT2D eigenvalue weighted by atomic mass is 10.1. The Morgan fingerprint density at radius 2 is 2.10 bits per heavy atom. The van der Waals surface area contributed by atoms with Crippen molar-refractivity contribution in [2.45, 2.75) is 23.8 Å². The Morgan fingerprint density at radius 3 is 2.71 bits per heavy atom. The van der Waals surface area contributed by atoms with Crippen molar-refractivity contribution in [2.75, 3.05) is 27.2 Å². The van der Waals surface area contributed by atoms with Gasteiger partial charge in [-0.2, -0.15) is 4.31 Å². The number of carbonyl (C=O) groups excluding carboxylic acids is 1. The second-order valence-electron chi connectivity index (χ2n) is 5.01. The molecule has 0 bridgehead atoms. The summed E-state index contributed by atoms with van der Waals surface area (Å²) >= 11 is 0. The Balaban J connectivity index is 2.37. The normalized spacial score (nSPS) is 19.5. The molecule has 1 aromatic rings. The van der Waals surface area contributed by atoms with Gasteiger partial charge in [-0.3, -0.25) is 0 Å². The van der Waals surface area contributed by atoms with Gasteiger partial charge in [-0.25, -0.2) is 13.2 Å². The molecule has 21 heavy (non-hydrogen) atoms. The predicted molar refractivity (Wildman–Crippen MR) is 78.6 cm³/mol. The van der Waals surface area contributed by atoms with Gasteiger partial charge in [-0.05, 0) is 31.5 Å². The molecule has 0 aromatic heterocycles. The van der Waals surface area contributed by atoms with Gasteiger partial charge < -0.3 is 10.1 Å². The zero-order chi connectivity index (χ0) is 15.5. The molecule has 2 rings (SSSR count). The van der Waals surface area contributed by atoms with Crippen molar-refractivity contribution in [2.24, 2.45) is 0 Å². The second-order valence-corrected chi connectivity index (χ2v) is 6.98. The molecular weight excluding hydrogens is 292 g/mol. The number of methoxy groups -OCH3 is 1. The van der Waals surface area contributed by atoms with Gasteiger partial charge in [-0.1, -0.05) is 12.1 Å². The van der Waals surface area contributed by atoms with Crippen LogP contribution >= 0.6 is 0 Å². The molecule has 1 fully saturated rings. The van der Waals surface area contributed by atoms with Gasteiger partial charge >= 0.3 is 5.97 Å². The molecule has 0 saturated carbocycles. The van der Waals surface area contributed by atoms with Crippen LogP contribution in [0.25, 0.3) is 0 Å². The Hall–Kier alpha value is -1.44. The summed E-state index contributed by atoms with van der Waals surface area (Å²) in [7, 11) is -0.939. The average Bonchev–Trinajstić information content (AvgIpc) is 2.54. The van der Waals surface area contributed by atoms with Crippen molar-refractivity contribution in [1.29, 1.82) is 0 Å². The van der Waals surface area contributed by atoms with Crippen LogP contribution in [0, 0.1) is 0 Å². The van der Waals surface area contributed by atoms with E-state index in [-0.39, 0.29) is 16.5 Å². The van der Waals surface area contributed by atoms with Crippen molar-refractivity contribution >= 4 is 16.0 Å². The second kappa shape index (κ2) is 6.55. The van der Waals surface area contributed by atoms with E-state index < -0.39 is 16.0 Å². The standard InChI is InChI=1S/C14H20N2O4S/c1-16(11-6-5-9-15-10-11)21(18,19)13-8-4-3-7-12(13)14(17)20-2/h3-4,7-8,11,15H,5-6,9-10H2,1-2H3. The number of ether oxygens (including phenoxy) is 1. The van der Waals surface area contributed by atoms with Crippen LogP contribution in [0.3, 0.4) is 0 Å². The molecule has 0 spiro atoms. The number of hydrogen-bond donors (Lipinski definition) is 1. The number of likely N-dealkylation sites (N-methyl/N-ethyl adjacent to an activating group) is 1. The average molecular weight is 312 g/mol. The Bertz CT molecular complexity index is 609. The summed E-state index contributed by atoms with van der Waals surface area (Å²) in [6.07, 6.45) is 1.74. The number of hydrogen-bond acceptors (Lipinski definition) is 5. The third-order valence-corrected chi connectivity index (χ3v) is 5.70. The first-order valence-corrected chi connectivity index (χ1v) is 8.28. The predicted octanol–water partition coefficient (Wildman–Crippen LogP) is 0.846. The van der Waals surface area contributed by atoms with Crippen LogP contribution in [0.15, 0.2) is 29.2 Å². The van der Waals surface area contributed by atoms with Crippen molar-refractivity contribution in [3.63, 3.8) is 0 Å². The molecule has 1 saturated heterocycles. The number of nitrogens with one attached hydrogen (secondary N) is 1. The van der Waals surface area contributed by atoms with Crippen LogP contribution in [-0.2, 0) is 14.8 Å². The SMILES string of the molecule is COC(=O)c1ccccc1S(=O)(=O)N(C)C1CCCNC1. The van der Waals surface area contributed by atoms with E-state index in [9.17, 15) is 13.2 Å². The maximum absolute atomic E-state index is 12.8. The highest BCUT2D eigenvalue weighted by Gasteiger charge is 2.32. The molecular formula is C14H20N2O4S. The zero-order valence-corrected chi connectivity index (χ0v) is 13.0. The fourth-order valence-corrected chi connectivity index (χ4v) is 4.03. The number of esters is 1. The van der Waals surface area contributed by atoms with Gasteiger partial charge in [0.05, 0.1) is 17.6 Å². The molecule has 7 heteroatoms. The van der Waals surface area contributed by atoms with Gasteiger partial charge in [0.15, 0.2) is 0 Å². The highest BCUT2D eigenvalue weighted by atomic mass is 32.2. The van der Waals surface area contributed by atoms with Crippen molar-refractivity contribution < 1.29 is 17.9 Å². The lowest BCUT2D eigenvalue weighted by molar-refractivity contribution is 0.0596. The lowest BCUT2D eigenvalue weighted by Gasteiger charge is -2.31. The number of carbonyl (C=O) groups is 1. The largest absolute Gasteiger partial charge is 0.465 e. The zero-order valence-electron chi connectivity index (χ0n) is 12.2. The maximum Gasteiger partial charge on any atom is 0.339 e. The van der Waals surface area contributed by atoms with E-state index in [1.54, 1.807) is 19.2 Å². The topological polar surface area (TPSA) is 75.7 Å². The fourth-order valence-electron chi connectivity index (χ4n) is 2.47. The summed E-state index contributed by atoms with van der Waals surface area (Å²) in [5.74, 6) is -0.649. The van der Waals surface area contributed by atoms with E-state index in [0.717, 1.165) is 19.4 Å². The summed E-state index contributed by atoms with van der Waals surface area (Å²) in [6.45, 7) is 1.53. The van der Waals surface area contributed by atoms with E-state index in [4.69, 9.17) is 0 Å². The van der Waals surface area contributed by atoms with Crippen molar-refractivity contribution in [3.05, 3.63) is 29.8 Å². The molecule has 0 amide bonds. The van der Waals surface area contributed by atoms with E-state index in [2.05, 4.69) is 10.1 Å². The van der Waals surface area contributed by atoms with E-state index >= 15 is 0 Å². The summed E-state index contributed by atoms with van der Waals surface area (Å²) in [6, 6.07) is 6.02. The lowest BCUT2D eigenvalue weighted by Crippen LogP contribution is -2.46. The smallest absolute Gasteiger partial charge is 0.339 e. The van der Waals surface area contributed by atoms with Crippen LogP contribution in [0.4, 0.5) is 0 Å². The van der Waals surface area contributed by atoms with E-state index in [0.29, 0.717) is 6.54 Å².